The number of rotatable bonds is 3. The number of amides is 5. The lowest BCUT2D eigenvalue weighted by Crippen LogP contribution is -2.48. The fourth-order valence-electron chi connectivity index (χ4n) is 4.21. The number of imide groups is 1. The summed E-state index contributed by atoms with van der Waals surface area (Å²) in [6, 6.07) is 19.6. The van der Waals surface area contributed by atoms with Gasteiger partial charge in [-0.3, -0.25) is 24.2 Å². The quantitative estimate of drug-likeness (QED) is 0.627. The molecule has 2 aliphatic rings. The first-order valence-electron chi connectivity index (χ1n) is 10.2. The van der Waals surface area contributed by atoms with E-state index in [2.05, 4.69) is 10.6 Å². The molecule has 5 amide bonds. The molecular formula is C24H20N4O4. The summed E-state index contributed by atoms with van der Waals surface area (Å²) in [5.41, 5.74) is 0.377. The highest BCUT2D eigenvalue weighted by atomic mass is 16.2. The van der Waals surface area contributed by atoms with E-state index < -0.39 is 29.9 Å². The first kappa shape index (κ1) is 19.7. The van der Waals surface area contributed by atoms with Gasteiger partial charge in [-0.15, -0.1) is 0 Å². The monoisotopic (exact) mass is 428 g/mol. The molecule has 8 heteroatoms. The number of para-hydroxylation sites is 2. The molecule has 1 atom stereocenters. The molecule has 5 rings (SSSR count). The van der Waals surface area contributed by atoms with Gasteiger partial charge in [-0.2, -0.15) is 0 Å². The third-order valence-electron chi connectivity index (χ3n) is 5.97. The first-order valence-corrected chi connectivity index (χ1v) is 10.2. The molecule has 0 saturated carbocycles. The van der Waals surface area contributed by atoms with Crippen molar-refractivity contribution in [3.8, 4) is 0 Å². The Morgan fingerprint density at radius 1 is 0.969 bits per heavy atom. The van der Waals surface area contributed by atoms with Crippen molar-refractivity contribution in [2.75, 3.05) is 23.3 Å². The van der Waals surface area contributed by atoms with Crippen molar-refractivity contribution in [3.63, 3.8) is 0 Å². The van der Waals surface area contributed by atoms with Gasteiger partial charge in [-0.05, 0) is 41.5 Å². The summed E-state index contributed by atoms with van der Waals surface area (Å²) < 4.78 is 0. The SMILES string of the molecule is C[C@]1(c2ccc3ccccc3c2)NC(=O)N(CC(=O)N2CC(=O)Nc3ccccc32)C1=O. The molecular weight excluding hydrogens is 408 g/mol. The van der Waals surface area contributed by atoms with Gasteiger partial charge in [-0.25, -0.2) is 4.79 Å². The van der Waals surface area contributed by atoms with E-state index in [0.717, 1.165) is 15.7 Å². The number of nitrogens with one attached hydrogen (secondary N) is 2. The predicted molar refractivity (Wildman–Crippen MR) is 119 cm³/mol. The standard InChI is InChI=1S/C24H20N4O4/c1-24(17-11-10-15-6-2-3-7-16(15)12-17)22(31)28(23(32)26-24)14-21(30)27-13-20(29)25-18-8-4-5-9-19(18)27/h2-12H,13-14H2,1H3,(H,25,29)(H,26,32)/t24-/m1/s1. The maximum absolute atomic E-state index is 13.3. The van der Waals surface area contributed by atoms with Crippen molar-refractivity contribution >= 4 is 45.9 Å². The van der Waals surface area contributed by atoms with E-state index in [9.17, 15) is 19.2 Å². The van der Waals surface area contributed by atoms with Crippen LogP contribution in [0.5, 0.6) is 0 Å². The Morgan fingerprint density at radius 2 is 1.69 bits per heavy atom. The summed E-state index contributed by atoms with van der Waals surface area (Å²) in [4.78, 5) is 53.3. The van der Waals surface area contributed by atoms with Crippen LogP contribution in [0.4, 0.5) is 16.2 Å². The number of hydrogen-bond donors (Lipinski definition) is 2. The fourth-order valence-corrected chi connectivity index (χ4v) is 4.21. The van der Waals surface area contributed by atoms with Gasteiger partial charge in [-0.1, -0.05) is 48.5 Å². The molecule has 3 aromatic carbocycles. The van der Waals surface area contributed by atoms with E-state index in [4.69, 9.17) is 0 Å². The largest absolute Gasteiger partial charge is 0.325 e. The minimum atomic E-state index is -1.29. The molecule has 1 saturated heterocycles. The van der Waals surface area contributed by atoms with Gasteiger partial charge in [0.1, 0.15) is 18.6 Å². The highest BCUT2D eigenvalue weighted by Gasteiger charge is 2.50. The highest BCUT2D eigenvalue weighted by Crippen LogP contribution is 2.32. The van der Waals surface area contributed by atoms with E-state index in [1.54, 1.807) is 37.3 Å². The molecule has 0 aliphatic carbocycles. The fraction of sp³-hybridized carbons (Fsp3) is 0.167. The second-order valence-corrected chi connectivity index (χ2v) is 8.05. The van der Waals surface area contributed by atoms with Crippen LogP contribution in [0.25, 0.3) is 10.8 Å². The lowest BCUT2D eigenvalue weighted by molar-refractivity contribution is -0.134. The zero-order valence-corrected chi connectivity index (χ0v) is 17.3. The number of nitrogens with zero attached hydrogens (tertiary/aromatic N) is 2. The molecule has 2 heterocycles. The van der Waals surface area contributed by atoms with Crippen LogP contribution >= 0.6 is 0 Å². The van der Waals surface area contributed by atoms with Crippen molar-refractivity contribution in [1.29, 1.82) is 0 Å². The third-order valence-corrected chi connectivity index (χ3v) is 5.97. The predicted octanol–water partition coefficient (Wildman–Crippen LogP) is 2.59. The Morgan fingerprint density at radius 3 is 2.50 bits per heavy atom. The zero-order valence-electron chi connectivity index (χ0n) is 17.3. The summed E-state index contributed by atoms with van der Waals surface area (Å²) >= 11 is 0. The van der Waals surface area contributed by atoms with Gasteiger partial charge >= 0.3 is 6.03 Å². The Kier molecular flexibility index (Phi) is 4.44. The molecule has 0 radical (unpaired) electrons. The summed E-state index contributed by atoms with van der Waals surface area (Å²) in [5, 5.41) is 7.41. The Hall–Kier alpha value is -4.20. The number of carbonyl (C=O) groups is 4. The lowest BCUT2D eigenvalue weighted by Gasteiger charge is -2.30. The number of carbonyl (C=O) groups excluding carboxylic acids is 4. The maximum Gasteiger partial charge on any atom is 0.325 e. The van der Waals surface area contributed by atoms with Crippen LogP contribution in [-0.2, 0) is 19.9 Å². The van der Waals surface area contributed by atoms with Crippen LogP contribution in [0.2, 0.25) is 0 Å². The molecule has 0 spiro atoms. The molecule has 160 valence electrons. The average molecular weight is 428 g/mol. The molecule has 1 fully saturated rings. The van der Waals surface area contributed by atoms with E-state index in [1.807, 2.05) is 36.4 Å². The Balaban J connectivity index is 1.42. The van der Waals surface area contributed by atoms with Crippen LogP contribution in [0.1, 0.15) is 12.5 Å². The summed E-state index contributed by atoms with van der Waals surface area (Å²) in [5.74, 6) is -1.37. The van der Waals surface area contributed by atoms with E-state index in [0.29, 0.717) is 16.9 Å². The molecule has 2 aliphatic heterocycles. The highest BCUT2D eigenvalue weighted by molar-refractivity contribution is 6.14. The lowest BCUT2D eigenvalue weighted by atomic mass is 9.90. The molecule has 0 unspecified atom stereocenters. The van der Waals surface area contributed by atoms with Gasteiger partial charge in [0.2, 0.25) is 11.8 Å². The van der Waals surface area contributed by atoms with Crippen LogP contribution in [0, 0.1) is 0 Å². The van der Waals surface area contributed by atoms with Crippen LogP contribution in [-0.4, -0.2) is 41.7 Å². The van der Waals surface area contributed by atoms with Crippen molar-refractivity contribution < 1.29 is 19.2 Å². The smallest absolute Gasteiger partial charge is 0.323 e. The number of urea groups is 1. The van der Waals surface area contributed by atoms with Crippen LogP contribution < -0.4 is 15.5 Å². The Labute approximate surface area is 183 Å². The zero-order chi connectivity index (χ0) is 22.5. The molecule has 0 aromatic heterocycles. The minimum absolute atomic E-state index is 0.179. The van der Waals surface area contributed by atoms with Crippen molar-refractivity contribution in [3.05, 3.63) is 72.3 Å². The van der Waals surface area contributed by atoms with Crippen molar-refractivity contribution in [2.45, 2.75) is 12.5 Å². The van der Waals surface area contributed by atoms with Gasteiger partial charge in [0.15, 0.2) is 0 Å². The number of anilines is 2. The van der Waals surface area contributed by atoms with Crippen LogP contribution in [0.3, 0.4) is 0 Å². The van der Waals surface area contributed by atoms with Crippen molar-refractivity contribution in [2.24, 2.45) is 0 Å². The summed E-state index contributed by atoms with van der Waals surface area (Å²) in [6.07, 6.45) is 0. The second-order valence-electron chi connectivity index (χ2n) is 8.05. The van der Waals surface area contributed by atoms with E-state index in [1.165, 1.54) is 4.90 Å². The minimum Gasteiger partial charge on any atom is -0.323 e. The normalized spacial score (nSPS) is 20.2. The number of hydrogen-bond acceptors (Lipinski definition) is 4. The Bertz CT molecular complexity index is 1300. The van der Waals surface area contributed by atoms with Gasteiger partial charge in [0.25, 0.3) is 5.91 Å². The van der Waals surface area contributed by atoms with Crippen molar-refractivity contribution in [1.82, 2.24) is 10.2 Å². The average Bonchev–Trinajstić information content (AvgIpc) is 3.02. The van der Waals surface area contributed by atoms with E-state index >= 15 is 0 Å². The summed E-state index contributed by atoms with van der Waals surface area (Å²) in [6.45, 7) is 0.988. The second kappa shape index (κ2) is 7.19. The molecule has 8 nitrogen and oxygen atoms in total. The molecule has 2 N–H and O–H groups in total. The number of fused-ring (bicyclic) bond motifs is 2. The van der Waals surface area contributed by atoms with Gasteiger partial charge < -0.3 is 10.6 Å². The van der Waals surface area contributed by atoms with Crippen LogP contribution in [0.15, 0.2) is 66.7 Å². The molecule has 0 bridgehead atoms. The summed E-state index contributed by atoms with van der Waals surface area (Å²) in [7, 11) is 0. The molecule has 32 heavy (non-hydrogen) atoms. The number of benzene rings is 3. The van der Waals surface area contributed by atoms with E-state index in [-0.39, 0.29) is 12.5 Å². The van der Waals surface area contributed by atoms with Gasteiger partial charge in [0, 0.05) is 0 Å². The first-order chi connectivity index (χ1) is 15.4. The molecule has 3 aromatic rings. The topological polar surface area (TPSA) is 98.8 Å². The van der Waals surface area contributed by atoms with Gasteiger partial charge in [0.05, 0.1) is 11.4 Å². The maximum atomic E-state index is 13.3. The third kappa shape index (κ3) is 3.08.